The highest BCUT2D eigenvalue weighted by Crippen LogP contribution is 2.30. The fraction of sp³-hybridized carbons (Fsp3) is 0.238. The van der Waals surface area contributed by atoms with Gasteiger partial charge in [-0.1, -0.05) is 31.2 Å². The first-order valence-electron chi connectivity index (χ1n) is 8.92. The molecule has 1 heterocycles. The zero-order chi connectivity index (χ0) is 20.1. The van der Waals surface area contributed by atoms with Gasteiger partial charge in [-0.3, -0.25) is 9.69 Å². The van der Waals surface area contributed by atoms with Gasteiger partial charge in [0.1, 0.15) is 18.1 Å². The van der Waals surface area contributed by atoms with E-state index in [0.717, 1.165) is 12.0 Å². The number of halogens is 1. The quantitative estimate of drug-likeness (QED) is 0.565. The van der Waals surface area contributed by atoms with Crippen LogP contribution in [0.25, 0.3) is 6.08 Å². The van der Waals surface area contributed by atoms with Gasteiger partial charge in [0.15, 0.2) is 16.6 Å². The van der Waals surface area contributed by atoms with E-state index < -0.39 is 0 Å². The predicted octanol–water partition coefficient (Wildman–Crippen LogP) is 3.88. The Bertz CT molecular complexity index is 930. The van der Waals surface area contributed by atoms with Gasteiger partial charge in [-0.05, 0) is 48.5 Å². The second kappa shape index (κ2) is 8.84. The van der Waals surface area contributed by atoms with Crippen LogP contribution >= 0.6 is 12.2 Å². The lowest BCUT2D eigenvalue weighted by molar-refractivity contribution is -0.122. The summed E-state index contributed by atoms with van der Waals surface area (Å²) in [6.45, 7) is 2.65. The molecular formula is C21H21FN2O3S. The van der Waals surface area contributed by atoms with Crippen molar-refractivity contribution < 1.29 is 18.7 Å². The maximum atomic E-state index is 13.7. The molecule has 1 aliphatic rings. The molecule has 0 aliphatic carbocycles. The Kier molecular flexibility index (Phi) is 6.26. The molecule has 2 aromatic rings. The van der Waals surface area contributed by atoms with E-state index in [4.69, 9.17) is 21.7 Å². The van der Waals surface area contributed by atoms with Crippen LogP contribution in [0.15, 0.2) is 48.2 Å². The molecule has 2 aromatic carbocycles. The standard InChI is InChI=1S/C21H21FN2O3S/c1-3-10-24-20(25)17(23-21(24)28)11-14-8-9-18(19(12-14)26-2)27-13-15-6-4-5-7-16(15)22/h4-9,11-12H,3,10,13H2,1-2H3,(H,23,28)/b17-11-. The minimum Gasteiger partial charge on any atom is -0.493 e. The van der Waals surface area contributed by atoms with Crippen LogP contribution in [0.1, 0.15) is 24.5 Å². The van der Waals surface area contributed by atoms with Crippen molar-refractivity contribution in [3.63, 3.8) is 0 Å². The van der Waals surface area contributed by atoms with Gasteiger partial charge in [0, 0.05) is 12.1 Å². The fourth-order valence-electron chi connectivity index (χ4n) is 2.83. The number of hydrogen-bond donors (Lipinski definition) is 1. The van der Waals surface area contributed by atoms with Crippen LogP contribution in [0.3, 0.4) is 0 Å². The van der Waals surface area contributed by atoms with Gasteiger partial charge in [0.2, 0.25) is 0 Å². The summed E-state index contributed by atoms with van der Waals surface area (Å²) in [6, 6.07) is 11.7. The monoisotopic (exact) mass is 400 g/mol. The Morgan fingerprint density at radius 2 is 2.00 bits per heavy atom. The predicted molar refractivity (Wildman–Crippen MR) is 109 cm³/mol. The van der Waals surface area contributed by atoms with Crippen LogP contribution < -0.4 is 14.8 Å². The Hall–Kier alpha value is -2.93. The maximum absolute atomic E-state index is 13.7. The van der Waals surface area contributed by atoms with E-state index in [-0.39, 0.29) is 18.3 Å². The summed E-state index contributed by atoms with van der Waals surface area (Å²) < 4.78 is 24.8. The van der Waals surface area contributed by atoms with Crippen molar-refractivity contribution in [3.8, 4) is 11.5 Å². The Labute approximate surface area is 168 Å². The molecule has 5 nitrogen and oxygen atoms in total. The third kappa shape index (κ3) is 4.31. The molecule has 7 heteroatoms. The summed E-state index contributed by atoms with van der Waals surface area (Å²) in [7, 11) is 1.53. The molecule has 3 rings (SSSR count). The van der Waals surface area contributed by atoms with Crippen LogP contribution in [-0.4, -0.2) is 29.6 Å². The molecule has 0 atom stereocenters. The van der Waals surface area contributed by atoms with E-state index in [9.17, 15) is 9.18 Å². The van der Waals surface area contributed by atoms with E-state index in [1.807, 2.05) is 6.92 Å². The van der Waals surface area contributed by atoms with E-state index in [1.54, 1.807) is 47.4 Å². The summed E-state index contributed by atoms with van der Waals surface area (Å²) >= 11 is 5.21. The van der Waals surface area contributed by atoms with Crippen LogP contribution in [0.5, 0.6) is 11.5 Å². The number of nitrogens with zero attached hydrogens (tertiary/aromatic N) is 1. The molecule has 146 valence electrons. The second-order valence-corrected chi connectivity index (χ2v) is 6.62. The van der Waals surface area contributed by atoms with Crippen molar-refractivity contribution in [2.24, 2.45) is 0 Å². The van der Waals surface area contributed by atoms with E-state index in [0.29, 0.717) is 34.4 Å². The minimum atomic E-state index is -0.318. The number of methoxy groups -OCH3 is 1. The highest BCUT2D eigenvalue weighted by atomic mass is 32.1. The van der Waals surface area contributed by atoms with Gasteiger partial charge >= 0.3 is 0 Å². The number of carbonyl (C=O) groups excluding carboxylic acids is 1. The number of benzene rings is 2. The normalized spacial score (nSPS) is 15.1. The Morgan fingerprint density at radius 3 is 2.71 bits per heavy atom. The number of hydrogen-bond acceptors (Lipinski definition) is 4. The second-order valence-electron chi connectivity index (χ2n) is 6.24. The van der Waals surface area contributed by atoms with Crippen molar-refractivity contribution in [2.45, 2.75) is 20.0 Å². The average molecular weight is 400 g/mol. The molecule has 0 saturated carbocycles. The topological polar surface area (TPSA) is 50.8 Å². The van der Waals surface area contributed by atoms with Gasteiger partial charge in [0.05, 0.1) is 7.11 Å². The van der Waals surface area contributed by atoms with Crippen molar-refractivity contribution in [2.75, 3.05) is 13.7 Å². The molecule has 0 radical (unpaired) electrons. The van der Waals surface area contributed by atoms with E-state index in [1.165, 1.54) is 13.2 Å². The van der Waals surface area contributed by atoms with Gasteiger partial charge in [-0.15, -0.1) is 0 Å². The van der Waals surface area contributed by atoms with E-state index in [2.05, 4.69) is 5.32 Å². The molecule has 1 N–H and O–H groups in total. The minimum absolute atomic E-state index is 0.0871. The maximum Gasteiger partial charge on any atom is 0.276 e. The molecule has 0 unspecified atom stereocenters. The van der Waals surface area contributed by atoms with E-state index >= 15 is 0 Å². The summed E-state index contributed by atoms with van der Waals surface area (Å²) in [5, 5.41) is 3.36. The molecule has 1 amide bonds. The van der Waals surface area contributed by atoms with Gasteiger partial charge in [-0.25, -0.2) is 4.39 Å². The first kappa shape index (κ1) is 19.8. The molecule has 1 aliphatic heterocycles. The van der Waals surface area contributed by atoms with Crippen molar-refractivity contribution in [1.82, 2.24) is 10.2 Å². The molecule has 1 saturated heterocycles. The number of amides is 1. The molecule has 0 spiro atoms. The third-order valence-corrected chi connectivity index (χ3v) is 4.57. The molecule has 1 fully saturated rings. The lowest BCUT2D eigenvalue weighted by Crippen LogP contribution is -2.31. The summed E-state index contributed by atoms with van der Waals surface area (Å²) in [6.07, 6.45) is 2.54. The number of carbonyl (C=O) groups is 1. The first-order valence-corrected chi connectivity index (χ1v) is 9.33. The number of thiocarbonyl (C=S) groups is 1. The SMILES string of the molecule is CCCN1C(=O)/C(=C/c2ccc(OCc3ccccc3F)c(OC)c2)NC1=S. The van der Waals surface area contributed by atoms with Crippen LogP contribution in [0.4, 0.5) is 4.39 Å². The Morgan fingerprint density at radius 1 is 1.21 bits per heavy atom. The summed E-state index contributed by atoms with van der Waals surface area (Å²) in [4.78, 5) is 14.0. The summed E-state index contributed by atoms with van der Waals surface area (Å²) in [5.41, 5.74) is 1.63. The van der Waals surface area contributed by atoms with Gasteiger partial charge in [-0.2, -0.15) is 0 Å². The number of ether oxygens (including phenoxy) is 2. The van der Waals surface area contributed by atoms with Crippen molar-refractivity contribution in [1.29, 1.82) is 0 Å². The largest absolute Gasteiger partial charge is 0.493 e. The van der Waals surface area contributed by atoms with Crippen LogP contribution in [-0.2, 0) is 11.4 Å². The number of nitrogens with one attached hydrogen (secondary N) is 1. The first-order chi connectivity index (χ1) is 13.5. The van der Waals surface area contributed by atoms with Crippen LogP contribution in [0.2, 0.25) is 0 Å². The summed E-state index contributed by atoms with van der Waals surface area (Å²) in [5.74, 6) is 0.512. The zero-order valence-corrected chi connectivity index (χ0v) is 16.5. The fourth-order valence-corrected chi connectivity index (χ4v) is 3.11. The average Bonchev–Trinajstić information content (AvgIpc) is 2.95. The third-order valence-electron chi connectivity index (χ3n) is 4.25. The molecular weight excluding hydrogens is 379 g/mol. The molecule has 28 heavy (non-hydrogen) atoms. The Balaban J connectivity index is 1.77. The lowest BCUT2D eigenvalue weighted by Gasteiger charge is -2.12. The van der Waals surface area contributed by atoms with Gasteiger partial charge < -0.3 is 14.8 Å². The van der Waals surface area contributed by atoms with Gasteiger partial charge in [0.25, 0.3) is 5.91 Å². The molecule has 0 bridgehead atoms. The van der Waals surface area contributed by atoms with Crippen LogP contribution in [0, 0.1) is 5.82 Å². The highest BCUT2D eigenvalue weighted by Gasteiger charge is 2.29. The van der Waals surface area contributed by atoms with Crippen molar-refractivity contribution in [3.05, 3.63) is 65.1 Å². The number of rotatable bonds is 7. The molecule has 0 aromatic heterocycles. The lowest BCUT2D eigenvalue weighted by atomic mass is 10.1. The highest BCUT2D eigenvalue weighted by molar-refractivity contribution is 7.80. The zero-order valence-electron chi connectivity index (χ0n) is 15.7. The smallest absolute Gasteiger partial charge is 0.276 e. The van der Waals surface area contributed by atoms with Crippen molar-refractivity contribution >= 4 is 29.3 Å².